The fraction of sp³-hybridized carbons (Fsp3) is 0.900. The lowest BCUT2D eigenvalue weighted by atomic mass is 10.1. The number of hydrogen-bond donors (Lipinski definition) is 1. The van der Waals surface area contributed by atoms with Gasteiger partial charge in [0.25, 0.3) is 0 Å². The van der Waals surface area contributed by atoms with Crippen molar-refractivity contribution in [2.24, 2.45) is 0 Å². The molecular formula is C10H17F2NO3. The van der Waals surface area contributed by atoms with E-state index in [2.05, 4.69) is 0 Å². The van der Waals surface area contributed by atoms with Crippen molar-refractivity contribution in [2.75, 3.05) is 13.1 Å². The molecule has 0 aliphatic carbocycles. The second kappa shape index (κ2) is 4.53. The molecule has 1 aliphatic rings. The summed E-state index contributed by atoms with van der Waals surface area (Å²) in [5.41, 5.74) is -0.704. The molecule has 16 heavy (non-hydrogen) atoms. The topological polar surface area (TPSA) is 49.8 Å². The predicted molar refractivity (Wildman–Crippen MR) is 53.6 cm³/mol. The first-order chi connectivity index (χ1) is 7.20. The number of rotatable bonds is 0. The monoisotopic (exact) mass is 237 g/mol. The molecule has 2 atom stereocenters. The first-order valence-corrected chi connectivity index (χ1v) is 5.15. The third-order valence-electron chi connectivity index (χ3n) is 2.18. The van der Waals surface area contributed by atoms with E-state index >= 15 is 0 Å². The quantitative estimate of drug-likeness (QED) is 0.690. The van der Waals surface area contributed by atoms with Crippen LogP contribution in [-0.2, 0) is 4.74 Å². The minimum absolute atomic E-state index is 0.337. The minimum Gasteiger partial charge on any atom is -0.444 e. The van der Waals surface area contributed by atoms with Gasteiger partial charge in [-0.3, -0.25) is 0 Å². The molecular weight excluding hydrogens is 220 g/mol. The van der Waals surface area contributed by atoms with Crippen LogP contribution in [0.4, 0.5) is 13.6 Å². The maximum absolute atomic E-state index is 13.1. The zero-order chi connectivity index (χ0) is 12.5. The Hall–Kier alpha value is -0.910. The fourth-order valence-electron chi connectivity index (χ4n) is 1.41. The second-order valence-electron chi connectivity index (χ2n) is 4.91. The Balaban J connectivity index is 2.58. The summed E-state index contributed by atoms with van der Waals surface area (Å²) in [6.07, 6.45) is -5.95. The summed E-state index contributed by atoms with van der Waals surface area (Å²) in [7, 11) is 0. The van der Waals surface area contributed by atoms with E-state index in [4.69, 9.17) is 9.84 Å². The molecule has 4 nitrogen and oxygen atoms in total. The second-order valence-corrected chi connectivity index (χ2v) is 4.91. The van der Waals surface area contributed by atoms with Crippen molar-refractivity contribution >= 4 is 6.09 Å². The van der Waals surface area contributed by atoms with Gasteiger partial charge in [-0.15, -0.1) is 0 Å². The van der Waals surface area contributed by atoms with Crippen LogP contribution in [0.5, 0.6) is 0 Å². The van der Waals surface area contributed by atoms with Crippen molar-refractivity contribution in [3.63, 3.8) is 0 Å². The highest BCUT2D eigenvalue weighted by Crippen LogP contribution is 2.19. The van der Waals surface area contributed by atoms with Gasteiger partial charge in [-0.25, -0.2) is 13.6 Å². The number of alkyl halides is 2. The smallest absolute Gasteiger partial charge is 0.410 e. The van der Waals surface area contributed by atoms with E-state index in [0.29, 0.717) is 0 Å². The van der Waals surface area contributed by atoms with Crippen LogP contribution in [0.25, 0.3) is 0 Å². The van der Waals surface area contributed by atoms with Crippen molar-refractivity contribution in [3.05, 3.63) is 0 Å². The van der Waals surface area contributed by atoms with E-state index in [1.165, 1.54) is 0 Å². The molecule has 0 saturated carbocycles. The SMILES string of the molecule is CC(C)(C)OC(=O)N1CC(F)C(O)C(F)C1. The fourth-order valence-corrected chi connectivity index (χ4v) is 1.41. The minimum atomic E-state index is -1.77. The largest absolute Gasteiger partial charge is 0.444 e. The van der Waals surface area contributed by atoms with Gasteiger partial charge in [-0.1, -0.05) is 0 Å². The van der Waals surface area contributed by atoms with E-state index in [1.807, 2.05) is 0 Å². The highest BCUT2D eigenvalue weighted by Gasteiger charge is 2.39. The van der Waals surface area contributed by atoms with Gasteiger partial charge in [-0.2, -0.15) is 0 Å². The van der Waals surface area contributed by atoms with Gasteiger partial charge in [0.15, 0.2) is 0 Å². The highest BCUT2D eigenvalue weighted by molar-refractivity contribution is 5.68. The van der Waals surface area contributed by atoms with Crippen molar-refractivity contribution in [1.29, 1.82) is 0 Å². The highest BCUT2D eigenvalue weighted by atomic mass is 19.1. The maximum Gasteiger partial charge on any atom is 0.410 e. The summed E-state index contributed by atoms with van der Waals surface area (Å²) in [6.45, 7) is 4.34. The van der Waals surface area contributed by atoms with Crippen LogP contribution in [-0.4, -0.2) is 53.2 Å². The Kier molecular flexibility index (Phi) is 3.72. The number of carbonyl (C=O) groups is 1. The molecule has 1 saturated heterocycles. The summed E-state index contributed by atoms with van der Waals surface area (Å²) in [4.78, 5) is 12.4. The third kappa shape index (κ3) is 3.30. The zero-order valence-electron chi connectivity index (χ0n) is 9.61. The van der Waals surface area contributed by atoms with Gasteiger partial charge < -0.3 is 14.7 Å². The molecule has 0 radical (unpaired) electrons. The molecule has 1 N–H and O–H groups in total. The number of amides is 1. The number of halogens is 2. The standard InChI is InChI=1S/C10H17F2NO3/c1-10(2,3)16-9(15)13-4-6(11)8(14)7(12)5-13/h6-8,14H,4-5H2,1-3H3. The van der Waals surface area contributed by atoms with Crippen molar-refractivity contribution in [2.45, 2.75) is 44.8 Å². The molecule has 6 heteroatoms. The number of piperidine rings is 1. The Morgan fingerprint density at radius 1 is 1.31 bits per heavy atom. The first-order valence-electron chi connectivity index (χ1n) is 5.15. The molecule has 1 aliphatic heterocycles. The van der Waals surface area contributed by atoms with Gasteiger partial charge in [0.2, 0.25) is 0 Å². The molecule has 0 bridgehead atoms. The molecule has 0 aromatic carbocycles. The molecule has 0 spiro atoms. The molecule has 94 valence electrons. The molecule has 1 heterocycles. The predicted octanol–water partition coefficient (Wildman–Crippen LogP) is 1.27. The van der Waals surface area contributed by atoms with Crippen LogP contribution in [0.2, 0.25) is 0 Å². The number of nitrogens with zero attached hydrogens (tertiary/aromatic N) is 1. The molecule has 1 fully saturated rings. The molecule has 0 aromatic rings. The summed E-state index contributed by atoms with van der Waals surface area (Å²) in [5, 5.41) is 9.05. The van der Waals surface area contributed by atoms with Gasteiger partial charge in [0.1, 0.15) is 24.0 Å². The molecule has 2 unspecified atom stereocenters. The molecule has 1 rings (SSSR count). The summed E-state index contributed by atoms with van der Waals surface area (Å²) in [5.74, 6) is 0. The van der Waals surface area contributed by atoms with Gasteiger partial charge in [-0.05, 0) is 20.8 Å². The van der Waals surface area contributed by atoms with E-state index in [0.717, 1.165) is 4.90 Å². The Labute approximate surface area is 93.2 Å². The van der Waals surface area contributed by atoms with Crippen molar-refractivity contribution < 1.29 is 23.4 Å². The number of likely N-dealkylation sites (tertiary alicyclic amines) is 1. The number of aliphatic hydroxyl groups excluding tert-OH is 1. The van der Waals surface area contributed by atoms with Gasteiger partial charge in [0, 0.05) is 0 Å². The van der Waals surface area contributed by atoms with Crippen LogP contribution >= 0.6 is 0 Å². The summed E-state index contributed by atoms with van der Waals surface area (Å²) in [6, 6.07) is 0. The van der Waals surface area contributed by atoms with Crippen LogP contribution < -0.4 is 0 Å². The average Bonchev–Trinajstić information content (AvgIpc) is 2.10. The van der Waals surface area contributed by atoms with Crippen LogP contribution in [0, 0.1) is 0 Å². The average molecular weight is 237 g/mol. The summed E-state index contributed by atoms with van der Waals surface area (Å²) >= 11 is 0. The first kappa shape index (κ1) is 13.2. The summed E-state index contributed by atoms with van der Waals surface area (Å²) < 4.78 is 31.2. The third-order valence-corrected chi connectivity index (χ3v) is 2.18. The lowest BCUT2D eigenvalue weighted by Crippen LogP contribution is -2.54. The number of hydrogen-bond acceptors (Lipinski definition) is 3. The van der Waals surface area contributed by atoms with E-state index in [-0.39, 0.29) is 13.1 Å². The normalized spacial score (nSPS) is 31.4. The van der Waals surface area contributed by atoms with Crippen LogP contribution in [0.1, 0.15) is 20.8 Å². The molecule has 1 amide bonds. The van der Waals surface area contributed by atoms with Crippen LogP contribution in [0.15, 0.2) is 0 Å². The van der Waals surface area contributed by atoms with E-state index in [1.54, 1.807) is 20.8 Å². The van der Waals surface area contributed by atoms with Gasteiger partial charge in [0.05, 0.1) is 13.1 Å². The lowest BCUT2D eigenvalue weighted by Gasteiger charge is -2.35. The lowest BCUT2D eigenvalue weighted by molar-refractivity contribution is -0.0563. The maximum atomic E-state index is 13.1. The van der Waals surface area contributed by atoms with E-state index in [9.17, 15) is 13.6 Å². The Morgan fingerprint density at radius 2 is 1.75 bits per heavy atom. The zero-order valence-corrected chi connectivity index (χ0v) is 9.61. The molecule has 0 aromatic heterocycles. The van der Waals surface area contributed by atoms with E-state index < -0.39 is 30.1 Å². The Morgan fingerprint density at radius 3 is 2.12 bits per heavy atom. The number of carbonyl (C=O) groups excluding carboxylic acids is 1. The van der Waals surface area contributed by atoms with Crippen molar-refractivity contribution in [3.8, 4) is 0 Å². The number of aliphatic hydroxyl groups is 1. The number of ether oxygens (including phenoxy) is 1. The van der Waals surface area contributed by atoms with Gasteiger partial charge >= 0.3 is 6.09 Å². The Bertz CT molecular complexity index is 255. The van der Waals surface area contributed by atoms with Crippen molar-refractivity contribution in [1.82, 2.24) is 4.90 Å². The van der Waals surface area contributed by atoms with Crippen LogP contribution in [0.3, 0.4) is 0 Å².